The van der Waals surface area contributed by atoms with Crippen molar-refractivity contribution in [3.05, 3.63) is 40.1 Å². The van der Waals surface area contributed by atoms with Crippen LogP contribution in [0.3, 0.4) is 0 Å². The molecule has 0 atom stereocenters. The van der Waals surface area contributed by atoms with E-state index < -0.39 is 0 Å². The van der Waals surface area contributed by atoms with Crippen LogP contribution in [0.1, 0.15) is 49.9 Å². The first-order valence-electron chi connectivity index (χ1n) is 7.58. The molecule has 0 radical (unpaired) electrons. The van der Waals surface area contributed by atoms with Gasteiger partial charge in [-0.25, -0.2) is 0 Å². The van der Waals surface area contributed by atoms with E-state index in [1.54, 1.807) is 11.8 Å². The van der Waals surface area contributed by atoms with Crippen LogP contribution in [0.4, 0.5) is 0 Å². The van der Waals surface area contributed by atoms with Gasteiger partial charge in [-0.3, -0.25) is 0 Å². The van der Waals surface area contributed by atoms with Crippen molar-refractivity contribution in [1.82, 2.24) is 14.8 Å². The van der Waals surface area contributed by atoms with Crippen LogP contribution in [0.25, 0.3) is 0 Å². The van der Waals surface area contributed by atoms with Crippen molar-refractivity contribution in [1.29, 1.82) is 0 Å². The Morgan fingerprint density at radius 1 is 1.19 bits per heavy atom. The maximum atomic E-state index is 4.48. The van der Waals surface area contributed by atoms with Crippen LogP contribution >= 0.6 is 27.7 Å². The first kappa shape index (κ1) is 15.1. The van der Waals surface area contributed by atoms with Crippen LogP contribution in [-0.2, 0) is 12.3 Å². The summed E-state index contributed by atoms with van der Waals surface area (Å²) in [6, 6.07) is 8.48. The van der Waals surface area contributed by atoms with Gasteiger partial charge >= 0.3 is 0 Å². The monoisotopic (exact) mass is 365 g/mol. The highest BCUT2D eigenvalue weighted by Gasteiger charge is 2.23. The Morgan fingerprint density at radius 2 is 1.90 bits per heavy atom. The Morgan fingerprint density at radius 3 is 2.57 bits per heavy atom. The van der Waals surface area contributed by atoms with Crippen molar-refractivity contribution >= 4 is 27.7 Å². The second-order valence-electron chi connectivity index (χ2n) is 5.48. The molecule has 1 aliphatic rings. The quantitative estimate of drug-likeness (QED) is 0.697. The Kier molecular flexibility index (Phi) is 5.01. The molecule has 2 aromatic rings. The number of benzene rings is 1. The van der Waals surface area contributed by atoms with E-state index in [2.05, 4.69) is 61.9 Å². The minimum atomic E-state index is 0.625. The molecular formula is C16H20BrN3S. The lowest BCUT2D eigenvalue weighted by molar-refractivity contribution is 0.576. The van der Waals surface area contributed by atoms with Crippen molar-refractivity contribution in [2.45, 2.75) is 56.0 Å². The minimum Gasteiger partial charge on any atom is -0.306 e. The number of thioether (sulfide) groups is 1. The van der Waals surface area contributed by atoms with Gasteiger partial charge in [-0.1, -0.05) is 52.7 Å². The van der Waals surface area contributed by atoms with Crippen molar-refractivity contribution in [2.75, 3.05) is 0 Å². The fourth-order valence-corrected chi connectivity index (χ4v) is 4.15. The molecule has 3 rings (SSSR count). The number of halogens is 1. The molecular weight excluding hydrogens is 346 g/mol. The Balaban J connectivity index is 1.71. The second-order valence-corrected chi connectivity index (χ2v) is 7.34. The van der Waals surface area contributed by atoms with E-state index in [0.717, 1.165) is 21.9 Å². The first-order valence-corrected chi connectivity index (χ1v) is 9.36. The zero-order valence-electron chi connectivity index (χ0n) is 12.3. The Bertz CT molecular complexity index is 588. The third-order valence-electron chi connectivity index (χ3n) is 4.06. The molecule has 0 aliphatic heterocycles. The highest BCUT2D eigenvalue weighted by atomic mass is 79.9. The summed E-state index contributed by atoms with van der Waals surface area (Å²) in [6.45, 7) is 3.15. The number of hydrogen-bond donors (Lipinski definition) is 0. The summed E-state index contributed by atoms with van der Waals surface area (Å²) < 4.78 is 3.43. The van der Waals surface area contributed by atoms with Gasteiger partial charge in [-0.2, -0.15) is 0 Å². The summed E-state index contributed by atoms with van der Waals surface area (Å²) in [7, 11) is 0. The molecule has 1 aliphatic carbocycles. The number of nitrogens with zero attached hydrogens (tertiary/aromatic N) is 3. The summed E-state index contributed by atoms with van der Waals surface area (Å²) in [5.74, 6) is 2.77. The normalized spacial score (nSPS) is 15.7. The number of hydrogen-bond acceptors (Lipinski definition) is 3. The van der Waals surface area contributed by atoms with Gasteiger partial charge in [0.05, 0.1) is 0 Å². The summed E-state index contributed by atoms with van der Waals surface area (Å²) in [4.78, 5) is 0. The van der Waals surface area contributed by atoms with E-state index in [4.69, 9.17) is 0 Å². The average molecular weight is 366 g/mol. The lowest BCUT2D eigenvalue weighted by atomic mass is 10.1. The summed E-state index contributed by atoms with van der Waals surface area (Å²) >= 11 is 5.26. The van der Waals surface area contributed by atoms with Gasteiger partial charge in [0.1, 0.15) is 5.82 Å². The number of rotatable bonds is 5. The Labute approximate surface area is 138 Å². The lowest BCUT2D eigenvalue weighted by Gasteiger charge is -2.11. The van der Waals surface area contributed by atoms with Gasteiger partial charge in [0.15, 0.2) is 5.16 Å². The van der Waals surface area contributed by atoms with Crippen LogP contribution in [-0.4, -0.2) is 14.8 Å². The molecule has 0 amide bonds. The maximum absolute atomic E-state index is 4.48. The molecule has 0 N–H and O–H groups in total. The van der Waals surface area contributed by atoms with E-state index in [-0.39, 0.29) is 0 Å². The topological polar surface area (TPSA) is 30.7 Å². The van der Waals surface area contributed by atoms with E-state index in [0.29, 0.717) is 5.92 Å². The Hall–Kier alpha value is -0.810. The molecule has 0 unspecified atom stereocenters. The van der Waals surface area contributed by atoms with E-state index in [1.807, 2.05) is 0 Å². The third kappa shape index (κ3) is 3.51. The van der Waals surface area contributed by atoms with Gasteiger partial charge in [0, 0.05) is 22.7 Å². The van der Waals surface area contributed by atoms with Crippen LogP contribution in [0.15, 0.2) is 33.9 Å². The van der Waals surface area contributed by atoms with Gasteiger partial charge in [-0.15, -0.1) is 10.2 Å². The van der Waals surface area contributed by atoms with E-state index >= 15 is 0 Å². The van der Waals surface area contributed by atoms with Crippen LogP contribution < -0.4 is 0 Å². The van der Waals surface area contributed by atoms with E-state index in [1.165, 1.54) is 37.1 Å². The predicted molar refractivity (Wildman–Crippen MR) is 90.6 cm³/mol. The van der Waals surface area contributed by atoms with Crippen LogP contribution in [0.5, 0.6) is 0 Å². The first-order chi connectivity index (χ1) is 10.3. The van der Waals surface area contributed by atoms with Crippen molar-refractivity contribution in [3.63, 3.8) is 0 Å². The minimum absolute atomic E-state index is 0.625. The molecule has 112 valence electrons. The van der Waals surface area contributed by atoms with Gasteiger partial charge in [0.2, 0.25) is 0 Å². The van der Waals surface area contributed by atoms with E-state index in [9.17, 15) is 0 Å². The largest absolute Gasteiger partial charge is 0.306 e. The van der Waals surface area contributed by atoms with Crippen molar-refractivity contribution in [3.8, 4) is 0 Å². The maximum Gasteiger partial charge on any atom is 0.191 e. The molecule has 3 nitrogen and oxygen atoms in total. The van der Waals surface area contributed by atoms with Crippen LogP contribution in [0.2, 0.25) is 0 Å². The predicted octanol–water partition coefficient (Wildman–Crippen LogP) is 5.01. The summed E-state index contributed by atoms with van der Waals surface area (Å²) in [6.07, 6.45) is 5.22. The highest BCUT2D eigenvalue weighted by molar-refractivity contribution is 9.10. The van der Waals surface area contributed by atoms with Gasteiger partial charge < -0.3 is 4.57 Å². The zero-order chi connectivity index (χ0) is 14.7. The van der Waals surface area contributed by atoms with Gasteiger partial charge in [0.25, 0.3) is 0 Å². The molecule has 1 aromatic carbocycles. The van der Waals surface area contributed by atoms with Gasteiger partial charge in [-0.05, 0) is 37.5 Å². The molecule has 1 aromatic heterocycles. The number of aromatic nitrogens is 3. The molecule has 1 fully saturated rings. The van der Waals surface area contributed by atoms with Crippen LogP contribution in [0, 0.1) is 0 Å². The molecule has 0 saturated heterocycles. The van der Waals surface area contributed by atoms with Crippen molar-refractivity contribution < 1.29 is 0 Å². The molecule has 1 saturated carbocycles. The fourth-order valence-electron chi connectivity index (χ4n) is 2.92. The lowest BCUT2D eigenvalue weighted by Crippen LogP contribution is -2.06. The zero-order valence-corrected chi connectivity index (χ0v) is 14.7. The standard InChI is InChI=1S/C16H20BrN3S/c1-2-20-15(13-5-3-4-6-13)18-19-16(20)21-11-12-7-9-14(17)10-8-12/h7-10,13H,2-6,11H2,1H3. The fraction of sp³-hybridized carbons (Fsp3) is 0.500. The second kappa shape index (κ2) is 6.97. The smallest absolute Gasteiger partial charge is 0.191 e. The average Bonchev–Trinajstić information content (AvgIpc) is 3.15. The molecule has 5 heteroatoms. The van der Waals surface area contributed by atoms with Crippen molar-refractivity contribution in [2.24, 2.45) is 0 Å². The SMILES string of the molecule is CCn1c(SCc2ccc(Br)cc2)nnc1C1CCCC1. The molecule has 21 heavy (non-hydrogen) atoms. The molecule has 0 spiro atoms. The third-order valence-corrected chi connectivity index (χ3v) is 5.63. The molecule has 1 heterocycles. The summed E-state index contributed by atoms with van der Waals surface area (Å²) in [5.41, 5.74) is 1.32. The highest BCUT2D eigenvalue weighted by Crippen LogP contribution is 2.34. The summed E-state index contributed by atoms with van der Waals surface area (Å²) in [5, 5.41) is 9.97. The molecule has 0 bridgehead atoms.